The molecular formula is C82H74N2O16Si10. The molecule has 0 aromatic heterocycles. The first-order chi connectivity index (χ1) is 53.7. The monoisotopic (exact) mass is 1620 g/mol. The Kier molecular flexibility index (Phi) is 20.4. The van der Waals surface area contributed by atoms with Gasteiger partial charge < -0.3 is 67.1 Å². The standard InChI is InChI=1S/C82H74N2O16Si10/c1-101(63-27-61-85-73-57-53-71(54-58-73)69-49-45-67(65-83)46-50-69)87-103(75-29-11-3-12-30-75)91-107(79-37-19-7-20-38-79)95-105(77-33-15-5-16-34-77)89-102(2,64-28-62-86-74-59-55-72(56-60-74)70-51-47-68(66-84)48-52-70)90-106(78-35-17-6-18-36-78)97-109(99-107,81-41-23-9-24-42-81)93-104(88-101,76-31-13-4-14-32-76)94-110(98-106,82-43-25-10-26-44-82)100-108(92-103,96-105)80-39-21-8-22-40-80/h3-26,29-60H,27-28,61-64H2,1-2H3. The van der Waals surface area contributed by atoms with Gasteiger partial charge >= 0.3 is 87.6 Å². The number of hydrogen-bond donors (Lipinski definition) is 0. The molecule has 0 radical (unpaired) electrons. The Bertz CT molecular complexity index is 4700. The fourth-order valence-electron chi connectivity index (χ4n) is 14.3. The van der Waals surface area contributed by atoms with Gasteiger partial charge in [-0.2, -0.15) is 10.5 Å². The zero-order chi connectivity index (χ0) is 74.8. The molecule has 0 atom stereocenters. The summed E-state index contributed by atoms with van der Waals surface area (Å²) in [5.41, 5.74) is 5.04. The minimum atomic E-state index is -5.34. The van der Waals surface area contributed by atoms with Crippen molar-refractivity contribution in [3.05, 3.63) is 351 Å². The lowest BCUT2D eigenvalue weighted by Crippen LogP contribution is -2.93. The number of ether oxygens (including phenoxy) is 2. The molecule has 0 N–H and O–H groups in total. The predicted octanol–water partition coefficient (Wildman–Crippen LogP) is 11.2. The Hall–Kier alpha value is -9.17. The van der Waals surface area contributed by atoms with Crippen molar-refractivity contribution in [2.75, 3.05) is 13.2 Å². The molecule has 6 saturated heterocycles. The van der Waals surface area contributed by atoms with Crippen LogP contribution in [-0.4, -0.2) is 101 Å². The predicted molar refractivity (Wildman–Crippen MR) is 436 cm³/mol. The Morgan fingerprint density at radius 2 is 0.400 bits per heavy atom. The Balaban J connectivity index is 0.937. The first-order valence-corrected chi connectivity index (χ1v) is 55.3. The van der Waals surface area contributed by atoms with Crippen LogP contribution in [0.2, 0.25) is 25.2 Å². The van der Waals surface area contributed by atoms with E-state index in [-0.39, 0.29) is 25.3 Å². The fourth-order valence-corrected chi connectivity index (χ4v) is 71.0. The molecule has 110 heavy (non-hydrogen) atoms. The molecule has 548 valence electrons. The summed E-state index contributed by atoms with van der Waals surface area (Å²) in [4.78, 5) is 0. The van der Waals surface area contributed by atoms with Crippen molar-refractivity contribution in [3.63, 3.8) is 0 Å². The molecule has 6 aliphatic heterocycles. The lowest BCUT2D eigenvalue weighted by atomic mass is 10.0. The van der Waals surface area contributed by atoms with E-state index in [0.29, 0.717) is 77.0 Å². The average Bonchev–Trinajstić information content (AvgIpc) is 0.676. The summed E-state index contributed by atoms with van der Waals surface area (Å²) in [5.74, 6) is 1.29. The quantitative estimate of drug-likeness (QED) is 0.0516. The minimum absolute atomic E-state index is 0.212. The molecule has 28 heteroatoms. The topological polar surface area (TPSA) is 195 Å². The van der Waals surface area contributed by atoms with Gasteiger partial charge in [0.2, 0.25) is 0 Å². The summed E-state index contributed by atoms with van der Waals surface area (Å²) in [6, 6.07) is 113. The highest BCUT2D eigenvalue weighted by Gasteiger charge is 2.83. The van der Waals surface area contributed by atoms with Crippen LogP contribution in [0.15, 0.2) is 340 Å². The van der Waals surface area contributed by atoms with E-state index < -0.39 is 87.6 Å². The molecule has 0 aliphatic carbocycles. The van der Waals surface area contributed by atoms with Gasteiger partial charge in [-0.1, -0.05) is 291 Å². The van der Waals surface area contributed by atoms with Crippen molar-refractivity contribution in [2.24, 2.45) is 0 Å². The molecule has 6 heterocycles. The maximum atomic E-state index is 9.54. The molecular weight excluding hydrogens is 1550 g/mol. The normalized spacial score (nSPS) is 28.1. The lowest BCUT2D eigenvalue weighted by molar-refractivity contribution is 0.0250. The minimum Gasteiger partial charge on any atom is -0.494 e. The van der Waals surface area contributed by atoms with Gasteiger partial charge in [0.15, 0.2) is 0 Å². The van der Waals surface area contributed by atoms with E-state index in [1.54, 1.807) is 0 Å². The van der Waals surface area contributed by atoms with Crippen LogP contribution in [-0.2, 0) is 57.6 Å². The molecule has 12 aromatic rings. The number of nitrogens with zero attached hydrogens (tertiary/aromatic N) is 2. The summed E-state index contributed by atoms with van der Waals surface area (Å²) in [5, 5.41) is 23.0. The van der Waals surface area contributed by atoms with Gasteiger partial charge in [0.05, 0.1) is 36.5 Å². The molecule has 18 rings (SSSR count). The second kappa shape index (κ2) is 30.5. The van der Waals surface area contributed by atoms with Gasteiger partial charge in [-0.25, -0.2) is 0 Å². The summed E-state index contributed by atoms with van der Waals surface area (Å²) < 4.78 is 135. The van der Waals surface area contributed by atoms with E-state index >= 15 is 0 Å². The average molecular weight is 1620 g/mol. The number of hydrogen-bond acceptors (Lipinski definition) is 18. The smallest absolute Gasteiger partial charge is 0.494 e. The third kappa shape index (κ3) is 14.6. The maximum absolute atomic E-state index is 9.54. The van der Waals surface area contributed by atoms with E-state index in [0.717, 1.165) is 22.3 Å². The molecule has 6 fully saturated rings. The number of nitriles is 2. The van der Waals surface area contributed by atoms with Crippen LogP contribution in [0.4, 0.5) is 0 Å². The van der Waals surface area contributed by atoms with E-state index in [9.17, 15) is 10.5 Å². The largest absolute Gasteiger partial charge is 0.515 e. The Morgan fingerprint density at radius 1 is 0.227 bits per heavy atom. The summed E-state index contributed by atoms with van der Waals surface area (Å²) in [6.45, 7) is 4.46. The van der Waals surface area contributed by atoms with Crippen molar-refractivity contribution in [1.82, 2.24) is 0 Å². The van der Waals surface area contributed by atoms with E-state index in [4.69, 9.17) is 67.1 Å². The van der Waals surface area contributed by atoms with Gasteiger partial charge in [0.25, 0.3) is 0 Å². The second-order valence-corrected chi connectivity index (χ2v) is 57.9. The van der Waals surface area contributed by atoms with Crippen molar-refractivity contribution in [1.29, 1.82) is 10.5 Å². The first-order valence-electron chi connectivity index (χ1n) is 36.4. The van der Waals surface area contributed by atoms with Crippen molar-refractivity contribution in [2.45, 2.75) is 38.0 Å². The van der Waals surface area contributed by atoms with Crippen LogP contribution in [0, 0.1) is 22.7 Å². The zero-order valence-corrected chi connectivity index (χ0v) is 70.0. The molecule has 0 amide bonds. The van der Waals surface area contributed by atoms with E-state index in [2.05, 4.69) is 12.1 Å². The number of rotatable bonds is 20. The highest BCUT2D eigenvalue weighted by Crippen LogP contribution is 2.48. The summed E-state index contributed by atoms with van der Waals surface area (Å²) in [6.07, 6.45) is 0.736. The van der Waals surface area contributed by atoms with Gasteiger partial charge in [-0.15, -0.1) is 0 Å². The summed E-state index contributed by atoms with van der Waals surface area (Å²) in [7, 11) is -50.7. The van der Waals surface area contributed by atoms with Crippen LogP contribution >= 0.6 is 0 Å². The molecule has 18 nitrogen and oxygen atoms in total. The lowest BCUT2D eigenvalue weighted by Gasteiger charge is -2.61. The van der Waals surface area contributed by atoms with Crippen LogP contribution in [0.5, 0.6) is 11.5 Å². The summed E-state index contributed by atoms with van der Waals surface area (Å²) >= 11 is 0. The highest BCUT2D eigenvalue weighted by atomic mass is 28.6. The van der Waals surface area contributed by atoms with E-state index in [1.807, 2.05) is 353 Å². The van der Waals surface area contributed by atoms with Gasteiger partial charge in [0.1, 0.15) is 11.5 Å². The first kappa shape index (κ1) is 73.6. The van der Waals surface area contributed by atoms with Crippen LogP contribution in [0.3, 0.4) is 0 Å². The molecule has 0 saturated carbocycles. The molecule has 0 unspecified atom stereocenters. The van der Waals surface area contributed by atoms with E-state index in [1.165, 1.54) is 0 Å². The van der Waals surface area contributed by atoms with Gasteiger partial charge in [-0.3, -0.25) is 0 Å². The van der Waals surface area contributed by atoms with Crippen molar-refractivity contribution in [3.8, 4) is 45.9 Å². The Labute approximate surface area is 650 Å². The fraction of sp³-hybridized carbons (Fsp3) is 0.0976. The molecule has 8 bridgehead atoms. The van der Waals surface area contributed by atoms with Crippen molar-refractivity contribution >= 4 is 129 Å². The third-order valence-corrected chi connectivity index (χ3v) is 63.2. The molecule has 12 aromatic carbocycles. The van der Waals surface area contributed by atoms with Crippen molar-refractivity contribution < 1.29 is 67.1 Å². The van der Waals surface area contributed by atoms with Crippen LogP contribution < -0.4 is 51.0 Å². The zero-order valence-electron chi connectivity index (χ0n) is 60.0. The van der Waals surface area contributed by atoms with Crippen LogP contribution in [0.1, 0.15) is 24.0 Å². The van der Waals surface area contributed by atoms with Gasteiger partial charge in [-0.05, 0) is 109 Å². The third-order valence-electron chi connectivity index (χ3n) is 19.6. The number of fused-ring (bicyclic) bond motifs is 4. The molecule has 0 spiro atoms. The number of benzene rings is 12. The Morgan fingerprint density at radius 3 is 0.582 bits per heavy atom. The van der Waals surface area contributed by atoms with Crippen LogP contribution in [0.25, 0.3) is 22.3 Å². The highest BCUT2D eigenvalue weighted by molar-refractivity contribution is 7.12. The maximum Gasteiger partial charge on any atom is 0.515 e. The second-order valence-electron chi connectivity index (χ2n) is 27.4. The SMILES string of the molecule is C[Si]1(CCCOc2ccc(-c3ccc(C#N)cc3)cc2)O[Si]2(c3ccccc3)O[Si]3(c4ccccc4)O[Si]4(c5ccccc5)O[Si](C)(CCCOc5ccc(-c6ccc(C#N)cc6)cc5)O[Si]5(c6ccccc6)O[Si](c6ccccc6)(O[Si](c6ccccc6)(O1)O[Si](c1ccccc1)(O5)O[Si](c1ccccc1)(O2)O4)O3. The molecule has 6 aliphatic rings. The van der Waals surface area contributed by atoms with Gasteiger partial charge in [0, 0.05) is 41.5 Å².